The molecule has 5 rings (SSSR count). The van der Waals surface area contributed by atoms with E-state index in [1.807, 2.05) is 30.3 Å². The summed E-state index contributed by atoms with van der Waals surface area (Å²) in [7, 11) is 0. The minimum atomic E-state index is -0.718. The maximum atomic E-state index is 14.0. The van der Waals surface area contributed by atoms with Crippen LogP contribution in [0.4, 0.5) is 4.39 Å². The molecule has 2 heterocycles. The summed E-state index contributed by atoms with van der Waals surface area (Å²) in [6.45, 7) is 1.94. The zero-order valence-corrected chi connectivity index (χ0v) is 19.3. The highest BCUT2D eigenvalue weighted by Gasteiger charge is 2.34. The van der Waals surface area contributed by atoms with E-state index in [0.29, 0.717) is 31.2 Å². The molecule has 1 aliphatic heterocycles. The highest BCUT2D eigenvalue weighted by molar-refractivity contribution is 5.71. The van der Waals surface area contributed by atoms with Gasteiger partial charge in [-0.1, -0.05) is 60.8 Å². The Balaban J connectivity index is 1.22. The van der Waals surface area contributed by atoms with Crippen LogP contribution in [0.2, 0.25) is 0 Å². The number of hydrogen-bond acceptors (Lipinski definition) is 5. The van der Waals surface area contributed by atoms with Gasteiger partial charge in [0.2, 0.25) is 11.7 Å². The van der Waals surface area contributed by atoms with E-state index in [1.165, 1.54) is 12.5 Å². The van der Waals surface area contributed by atoms with Crippen LogP contribution >= 0.6 is 0 Å². The van der Waals surface area contributed by atoms with Crippen molar-refractivity contribution >= 4 is 5.97 Å². The molecule has 0 radical (unpaired) electrons. The smallest absolute Gasteiger partial charge is 0.309 e. The van der Waals surface area contributed by atoms with Crippen LogP contribution in [0.1, 0.15) is 55.5 Å². The van der Waals surface area contributed by atoms with Crippen LogP contribution in [0.3, 0.4) is 0 Å². The number of halogens is 1. The number of carboxylic acid groups (broad SMARTS) is 1. The molecule has 34 heavy (non-hydrogen) atoms. The fourth-order valence-electron chi connectivity index (χ4n) is 5.42. The summed E-state index contributed by atoms with van der Waals surface area (Å²) in [5.41, 5.74) is 3.07. The van der Waals surface area contributed by atoms with E-state index in [0.717, 1.165) is 55.3 Å². The molecule has 0 bridgehead atoms. The maximum absolute atomic E-state index is 14.0. The standard InChI is InChI=1S/C27H30FN3O3/c28-23-6-4-5-22(15-23)27(12-2-1-3-13-27)14-11-24-29-25(30-34-24)20-9-7-19(8-10-20)16-31-17-21(18-31)26(32)33/h4-10,15,21H,1-3,11-14,16-18H2,(H,32,33). The van der Waals surface area contributed by atoms with Crippen molar-refractivity contribution in [3.05, 3.63) is 71.4 Å². The van der Waals surface area contributed by atoms with Gasteiger partial charge in [0.05, 0.1) is 5.92 Å². The Morgan fingerprint density at radius 3 is 2.59 bits per heavy atom. The molecule has 2 aromatic carbocycles. The normalized spacial score (nSPS) is 18.5. The van der Waals surface area contributed by atoms with Gasteiger partial charge < -0.3 is 9.63 Å². The highest BCUT2D eigenvalue weighted by Crippen LogP contribution is 2.43. The second-order valence-corrected chi connectivity index (χ2v) is 9.79. The summed E-state index contributed by atoms with van der Waals surface area (Å²) in [6, 6.07) is 15.1. The van der Waals surface area contributed by atoms with E-state index in [2.05, 4.69) is 21.1 Å². The lowest BCUT2D eigenvalue weighted by atomic mass is 9.67. The Kier molecular flexibility index (Phi) is 6.46. The van der Waals surface area contributed by atoms with Gasteiger partial charge in [-0.2, -0.15) is 4.98 Å². The average molecular weight is 464 g/mol. The van der Waals surface area contributed by atoms with Gasteiger partial charge >= 0.3 is 5.97 Å². The summed E-state index contributed by atoms with van der Waals surface area (Å²) in [4.78, 5) is 17.7. The molecule has 3 aromatic rings. The van der Waals surface area contributed by atoms with Crippen LogP contribution in [-0.2, 0) is 23.2 Å². The van der Waals surface area contributed by atoms with Crippen LogP contribution in [0.5, 0.6) is 0 Å². The first-order valence-electron chi connectivity index (χ1n) is 12.1. The van der Waals surface area contributed by atoms with Crippen molar-refractivity contribution < 1.29 is 18.8 Å². The lowest BCUT2D eigenvalue weighted by Gasteiger charge is -2.38. The number of aryl methyl sites for hydroxylation is 1. The predicted octanol–water partition coefficient (Wildman–Crippen LogP) is 5.23. The maximum Gasteiger partial charge on any atom is 0.309 e. The molecular weight excluding hydrogens is 433 g/mol. The molecule has 1 saturated carbocycles. The quantitative estimate of drug-likeness (QED) is 0.493. The van der Waals surface area contributed by atoms with E-state index >= 15 is 0 Å². The van der Waals surface area contributed by atoms with Crippen LogP contribution in [-0.4, -0.2) is 39.2 Å². The van der Waals surface area contributed by atoms with Crippen LogP contribution in [0, 0.1) is 11.7 Å². The van der Waals surface area contributed by atoms with Crippen LogP contribution < -0.4 is 0 Å². The van der Waals surface area contributed by atoms with Gasteiger partial charge in [0.1, 0.15) is 5.82 Å². The summed E-state index contributed by atoms with van der Waals surface area (Å²) in [5.74, 6) is 0.0397. The van der Waals surface area contributed by atoms with Crippen molar-refractivity contribution in [3.63, 3.8) is 0 Å². The Hall–Kier alpha value is -3.06. The predicted molar refractivity (Wildman–Crippen MR) is 126 cm³/mol. The first-order valence-corrected chi connectivity index (χ1v) is 12.1. The van der Waals surface area contributed by atoms with Crippen molar-refractivity contribution in [2.24, 2.45) is 5.92 Å². The Labute approximate surface area is 198 Å². The second kappa shape index (κ2) is 9.66. The minimum absolute atomic E-state index is 0.0346. The van der Waals surface area contributed by atoms with E-state index in [1.54, 1.807) is 6.07 Å². The third-order valence-corrected chi connectivity index (χ3v) is 7.46. The van der Waals surface area contributed by atoms with Crippen molar-refractivity contribution in [2.45, 2.75) is 56.9 Å². The Bertz CT molecular complexity index is 1130. The number of likely N-dealkylation sites (tertiary alicyclic amines) is 1. The number of carbonyl (C=O) groups is 1. The van der Waals surface area contributed by atoms with Gasteiger partial charge in [-0.25, -0.2) is 4.39 Å². The third-order valence-electron chi connectivity index (χ3n) is 7.46. The van der Waals surface area contributed by atoms with E-state index < -0.39 is 5.97 Å². The van der Waals surface area contributed by atoms with Crippen molar-refractivity contribution in [3.8, 4) is 11.4 Å². The molecule has 178 valence electrons. The van der Waals surface area contributed by atoms with Gasteiger partial charge in [0.25, 0.3) is 0 Å². The van der Waals surface area contributed by atoms with Crippen molar-refractivity contribution in [1.82, 2.24) is 15.0 Å². The Morgan fingerprint density at radius 2 is 1.88 bits per heavy atom. The number of aliphatic carboxylic acids is 1. The summed E-state index contributed by atoms with van der Waals surface area (Å²) in [6.07, 6.45) is 7.20. The molecule has 2 aliphatic rings. The summed E-state index contributed by atoms with van der Waals surface area (Å²) >= 11 is 0. The molecule has 1 N–H and O–H groups in total. The number of nitrogens with zero attached hydrogens (tertiary/aromatic N) is 3. The molecule has 1 saturated heterocycles. The van der Waals surface area contributed by atoms with E-state index in [-0.39, 0.29) is 17.2 Å². The highest BCUT2D eigenvalue weighted by atomic mass is 19.1. The molecule has 0 amide bonds. The minimum Gasteiger partial charge on any atom is -0.481 e. The fraction of sp³-hybridized carbons (Fsp3) is 0.444. The van der Waals surface area contributed by atoms with Gasteiger partial charge in [-0.05, 0) is 47.9 Å². The monoisotopic (exact) mass is 463 g/mol. The molecule has 1 aromatic heterocycles. The van der Waals surface area contributed by atoms with Gasteiger partial charge in [0.15, 0.2) is 0 Å². The van der Waals surface area contributed by atoms with Crippen LogP contribution in [0.25, 0.3) is 11.4 Å². The lowest BCUT2D eigenvalue weighted by molar-refractivity contribution is -0.147. The van der Waals surface area contributed by atoms with Gasteiger partial charge in [-0.15, -0.1) is 0 Å². The first-order chi connectivity index (χ1) is 16.5. The average Bonchev–Trinajstić information content (AvgIpc) is 3.30. The molecular formula is C27H30FN3O3. The number of aromatic nitrogens is 2. The van der Waals surface area contributed by atoms with E-state index in [4.69, 9.17) is 9.63 Å². The zero-order valence-electron chi connectivity index (χ0n) is 19.3. The van der Waals surface area contributed by atoms with Crippen molar-refractivity contribution in [2.75, 3.05) is 13.1 Å². The topological polar surface area (TPSA) is 79.5 Å². The molecule has 0 spiro atoms. The fourth-order valence-corrected chi connectivity index (χ4v) is 5.42. The first kappa shape index (κ1) is 22.7. The Morgan fingerprint density at radius 1 is 1.12 bits per heavy atom. The molecule has 2 fully saturated rings. The molecule has 0 unspecified atom stereocenters. The summed E-state index contributed by atoms with van der Waals surface area (Å²) in [5, 5.41) is 13.2. The second-order valence-electron chi connectivity index (χ2n) is 9.79. The third kappa shape index (κ3) is 4.89. The largest absolute Gasteiger partial charge is 0.481 e. The number of carboxylic acids is 1. The number of rotatable bonds is 8. The molecule has 7 heteroatoms. The number of hydrogen-bond donors (Lipinski definition) is 1. The number of benzene rings is 2. The van der Waals surface area contributed by atoms with Gasteiger partial charge in [0, 0.05) is 31.6 Å². The molecule has 6 nitrogen and oxygen atoms in total. The zero-order chi connectivity index (χ0) is 23.5. The molecule has 1 aliphatic carbocycles. The SMILES string of the molecule is O=C(O)C1CN(Cc2ccc(-c3noc(CCC4(c5cccc(F)c5)CCCCC4)n3)cc2)C1. The van der Waals surface area contributed by atoms with Crippen LogP contribution in [0.15, 0.2) is 53.1 Å². The molecule has 0 atom stereocenters. The van der Waals surface area contributed by atoms with E-state index in [9.17, 15) is 9.18 Å². The summed E-state index contributed by atoms with van der Waals surface area (Å²) < 4.78 is 19.5. The van der Waals surface area contributed by atoms with Gasteiger partial charge in [-0.3, -0.25) is 9.69 Å². The van der Waals surface area contributed by atoms with Crippen molar-refractivity contribution in [1.29, 1.82) is 0 Å². The lowest BCUT2D eigenvalue weighted by Crippen LogP contribution is -2.49.